The van der Waals surface area contributed by atoms with Gasteiger partial charge in [-0.3, -0.25) is 9.48 Å². The number of amides is 1. The van der Waals surface area contributed by atoms with Crippen LogP contribution in [-0.2, 0) is 13.5 Å². The fraction of sp³-hybridized carbons (Fsp3) is 0.636. The molecule has 1 aromatic rings. The summed E-state index contributed by atoms with van der Waals surface area (Å²) in [6.45, 7) is 3.73. The van der Waals surface area contributed by atoms with Crippen LogP contribution in [0.1, 0.15) is 29.9 Å². The van der Waals surface area contributed by atoms with Crippen LogP contribution in [0, 0.1) is 0 Å². The maximum atomic E-state index is 12.1. The molecule has 1 aromatic heterocycles. The molecular weight excluding hydrogens is 206 g/mol. The number of aliphatic hydroxyl groups is 1. The molecule has 1 N–H and O–H groups in total. The molecule has 1 unspecified atom stereocenters. The van der Waals surface area contributed by atoms with Gasteiger partial charge in [0.25, 0.3) is 5.91 Å². The molecule has 1 amide bonds. The molecule has 1 heterocycles. The highest BCUT2D eigenvalue weighted by atomic mass is 16.3. The molecule has 1 rings (SSSR count). The summed E-state index contributed by atoms with van der Waals surface area (Å²) < 4.78 is 1.64. The van der Waals surface area contributed by atoms with E-state index in [9.17, 15) is 4.79 Å². The summed E-state index contributed by atoms with van der Waals surface area (Å²) in [5, 5.41) is 13.2. The van der Waals surface area contributed by atoms with E-state index in [0.29, 0.717) is 5.56 Å². The highest BCUT2D eigenvalue weighted by Crippen LogP contribution is 2.11. The number of likely N-dealkylation sites (N-methyl/N-ethyl adjacent to an activating group) is 1. The van der Waals surface area contributed by atoms with Gasteiger partial charge in [-0.1, -0.05) is 6.92 Å². The minimum Gasteiger partial charge on any atom is -0.394 e. The number of hydrogen-bond acceptors (Lipinski definition) is 3. The van der Waals surface area contributed by atoms with Crippen LogP contribution < -0.4 is 0 Å². The van der Waals surface area contributed by atoms with Crippen LogP contribution in [0.15, 0.2) is 6.20 Å². The predicted molar refractivity (Wildman–Crippen MR) is 61.2 cm³/mol. The van der Waals surface area contributed by atoms with E-state index in [0.717, 1.165) is 12.1 Å². The van der Waals surface area contributed by atoms with Gasteiger partial charge in [-0.25, -0.2) is 0 Å². The van der Waals surface area contributed by atoms with Crippen LogP contribution in [-0.4, -0.2) is 45.4 Å². The van der Waals surface area contributed by atoms with E-state index in [2.05, 4.69) is 5.10 Å². The fourth-order valence-electron chi connectivity index (χ4n) is 1.49. The van der Waals surface area contributed by atoms with Crippen LogP contribution in [0.2, 0.25) is 0 Å². The Morgan fingerprint density at radius 2 is 2.31 bits per heavy atom. The molecule has 0 aliphatic heterocycles. The van der Waals surface area contributed by atoms with E-state index in [1.165, 1.54) is 4.90 Å². The maximum Gasteiger partial charge on any atom is 0.257 e. The van der Waals surface area contributed by atoms with E-state index < -0.39 is 0 Å². The normalized spacial score (nSPS) is 12.6. The topological polar surface area (TPSA) is 58.4 Å². The van der Waals surface area contributed by atoms with Gasteiger partial charge in [0.15, 0.2) is 0 Å². The van der Waals surface area contributed by atoms with E-state index in [-0.39, 0.29) is 18.6 Å². The van der Waals surface area contributed by atoms with Crippen molar-refractivity contribution in [2.45, 2.75) is 26.3 Å². The number of carbonyl (C=O) groups excluding carboxylic acids is 1. The number of rotatable bonds is 4. The van der Waals surface area contributed by atoms with Crippen molar-refractivity contribution in [3.63, 3.8) is 0 Å². The Morgan fingerprint density at radius 1 is 1.69 bits per heavy atom. The van der Waals surface area contributed by atoms with Crippen molar-refractivity contribution in [1.29, 1.82) is 0 Å². The fourth-order valence-corrected chi connectivity index (χ4v) is 1.49. The van der Waals surface area contributed by atoms with Crippen molar-refractivity contribution in [2.75, 3.05) is 13.7 Å². The van der Waals surface area contributed by atoms with Crippen LogP contribution >= 0.6 is 0 Å². The van der Waals surface area contributed by atoms with Gasteiger partial charge < -0.3 is 10.0 Å². The molecule has 0 spiro atoms. The third-order valence-corrected chi connectivity index (χ3v) is 2.72. The Bertz CT molecular complexity index is 373. The number of aromatic nitrogens is 2. The molecule has 0 fully saturated rings. The van der Waals surface area contributed by atoms with Gasteiger partial charge in [0.1, 0.15) is 0 Å². The smallest absolute Gasteiger partial charge is 0.257 e. The van der Waals surface area contributed by atoms with Crippen molar-refractivity contribution in [2.24, 2.45) is 7.05 Å². The first-order valence-corrected chi connectivity index (χ1v) is 5.41. The van der Waals surface area contributed by atoms with Gasteiger partial charge in [0.05, 0.1) is 23.9 Å². The minimum absolute atomic E-state index is 0.0377. The zero-order valence-electron chi connectivity index (χ0n) is 10.3. The summed E-state index contributed by atoms with van der Waals surface area (Å²) in [7, 11) is 3.49. The van der Waals surface area contributed by atoms with Crippen LogP contribution in [0.5, 0.6) is 0 Å². The molecule has 0 saturated heterocycles. The molecule has 5 nitrogen and oxygen atoms in total. The summed E-state index contributed by atoms with van der Waals surface area (Å²) in [6, 6.07) is -0.183. The monoisotopic (exact) mass is 225 g/mol. The summed E-state index contributed by atoms with van der Waals surface area (Å²) in [4.78, 5) is 13.6. The highest BCUT2D eigenvalue weighted by Gasteiger charge is 2.21. The van der Waals surface area contributed by atoms with Crippen molar-refractivity contribution < 1.29 is 9.90 Å². The zero-order valence-corrected chi connectivity index (χ0v) is 10.3. The van der Waals surface area contributed by atoms with Crippen molar-refractivity contribution in [3.8, 4) is 0 Å². The molecule has 5 heteroatoms. The molecule has 0 saturated carbocycles. The first-order valence-electron chi connectivity index (χ1n) is 5.41. The molecule has 0 aliphatic carbocycles. The van der Waals surface area contributed by atoms with Crippen molar-refractivity contribution in [3.05, 3.63) is 17.5 Å². The van der Waals surface area contributed by atoms with Crippen LogP contribution in [0.4, 0.5) is 0 Å². The average Bonchev–Trinajstić information content (AvgIpc) is 2.67. The quantitative estimate of drug-likeness (QED) is 0.808. The highest BCUT2D eigenvalue weighted by molar-refractivity contribution is 5.95. The Hall–Kier alpha value is -1.36. The first-order chi connectivity index (χ1) is 7.51. The van der Waals surface area contributed by atoms with Gasteiger partial charge >= 0.3 is 0 Å². The second-order valence-corrected chi connectivity index (χ2v) is 3.96. The zero-order chi connectivity index (χ0) is 12.3. The number of hydrogen-bond donors (Lipinski definition) is 1. The van der Waals surface area contributed by atoms with Crippen molar-refractivity contribution >= 4 is 5.91 Å². The molecule has 90 valence electrons. The molecule has 1 atom stereocenters. The van der Waals surface area contributed by atoms with Gasteiger partial charge in [0, 0.05) is 20.3 Å². The third-order valence-electron chi connectivity index (χ3n) is 2.72. The summed E-state index contributed by atoms with van der Waals surface area (Å²) in [5.74, 6) is -0.0912. The summed E-state index contributed by atoms with van der Waals surface area (Å²) >= 11 is 0. The van der Waals surface area contributed by atoms with E-state index in [4.69, 9.17) is 5.11 Å². The molecular formula is C11H19N3O2. The maximum absolute atomic E-state index is 12.1. The minimum atomic E-state index is -0.183. The van der Waals surface area contributed by atoms with E-state index in [1.807, 2.05) is 6.92 Å². The molecule has 0 aliphatic rings. The standard InChI is InChI=1S/C11H19N3O2/c1-5-10-9(6-13(3)12-10)11(16)14(4)8(2)7-15/h6,8,15H,5,7H2,1-4H3. The number of aryl methyl sites for hydroxylation is 2. The predicted octanol–water partition coefficient (Wildman–Crippen LogP) is 0.435. The third kappa shape index (κ3) is 2.41. The number of carbonyl (C=O) groups is 1. The summed E-state index contributed by atoms with van der Waals surface area (Å²) in [6.07, 6.45) is 2.45. The molecule has 0 radical (unpaired) electrons. The number of aliphatic hydroxyl groups excluding tert-OH is 1. The second kappa shape index (κ2) is 5.12. The van der Waals surface area contributed by atoms with Gasteiger partial charge in [-0.15, -0.1) is 0 Å². The van der Waals surface area contributed by atoms with Crippen molar-refractivity contribution in [1.82, 2.24) is 14.7 Å². The Balaban J connectivity index is 2.95. The lowest BCUT2D eigenvalue weighted by molar-refractivity contribution is 0.0681. The lowest BCUT2D eigenvalue weighted by Gasteiger charge is -2.22. The van der Waals surface area contributed by atoms with Gasteiger partial charge in [-0.05, 0) is 13.3 Å². The Kier molecular flexibility index (Phi) is 4.06. The SMILES string of the molecule is CCc1nn(C)cc1C(=O)N(C)C(C)CO. The van der Waals surface area contributed by atoms with Gasteiger partial charge in [0.2, 0.25) is 0 Å². The lowest BCUT2D eigenvalue weighted by Crippen LogP contribution is -2.37. The number of nitrogens with zero attached hydrogens (tertiary/aromatic N) is 3. The Morgan fingerprint density at radius 3 is 2.81 bits per heavy atom. The van der Waals surface area contributed by atoms with Gasteiger partial charge in [-0.2, -0.15) is 5.10 Å². The lowest BCUT2D eigenvalue weighted by atomic mass is 10.1. The summed E-state index contributed by atoms with van der Waals surface area (Å²) in [5.41, 5.74) is 1.41. The largest absolute Gasteiger partial charge is 0.394 e. The first kappa shape index (κ1) is 12.7. The average molecular weight is 225 g/mol. The van der Waals surface area contributed by atoms with Crippen LogP contribution in [0.3, 0.4) is 0 Å². The molecule has 0 aromatic carbocycles. The second-order valence-electron chi connectivity index (χ2n) is 3.96. The molecule has 0 bridgehead atoms. The van der Waals surface area contributed by atoms with E-state index >= 15 is 0 Å². The van der Waals surface area contributed by atoms with E-state index in [1.54, 1.807) is 31.9 Å². The Labute approximate surface area is 95.7 Å². The van der Waals surface area contributed by atoms with Crippen LogP contribution in [0.25, 0.3) is 0 Å². The molecule has 16 heavy (non-hydrogen) atoms.